The van der Waals surface area contributed by atoms with Gasteiger partial charge in [-0.3, -0.25) is 10.2 Å². The molecule has 3 fully saturated rings. The average molecular weight is 796 g/mol. The number of carbonyl (C=O) groups excluding carboxylic acids is 2. The molecule has 3 amide bonds. The van der Waals surface area contributed by atoms with Gasteiger partial charge in [0.25, 0.3) is 0 Å². The Bertz CT molecular complexity index is 2320. The van der Waals surface area contributed by atoms with Crippen molar-refractivity contribution >= 4 is 34.7 Å². The summed E-state index contributed by atoms with van der Waals surface area (Å²) < 4.78 is 4.29. The topological polar surface area (TPSA) is 137 Å². The van der Waals surface area contributed by atoms with E-state index in [9.17, 15) is 20.1 Å². The normalized spacial score (nSPS) is 21.2. The van der Waals surface area contributed by atoms with Gasteiger partial charge in [0.05, 0.1) is 35.6 Å². The first-order valence-electron chi connectivity index (χ1n) is 20.9. The Morgan fingerprint density at radius 3 is 2.41 bits per heavy atom. The molecule has 3 aliphatic rings. The molecular weight excluding hydrogens is 743 g/mol. The summed E-state index contributed by atoms with van der Waals surface area (Å²) in [6.07, 6.45) is 10.7. The molecule has 1 saturated carbocycles. The lowest BCUT2D eigenvalue weighted by Gasteiger charge is -2.27. The molecule has 58 heavy (non-hydrogen) atoms. The molecule has 2 aliphatic heterocycles. The molecule has 1 aliphatic carbocycles. The second-order valence-electron chi connectivity index (χ2n) is 15.9. The standard InChI is InChI=1S/C47H53N7O3S/c48-45-42-41(34-14-6-3-7-15-34)44(35-16-8-4-9-17-35)53(46(42)50-31-54(45)36-24-26-37(55)27-25-36)29-33-22-20-32(21-23-33)13-5-1-2-12-28-49-40(56)19-11-10-18-39-43-38(30-58-39)51-47(57)52-43/h3-4,6-9,14-17,20-23,31,36-39,43,48,55H,1-2,10-12,18-19,24-30H2,(H,49,56)(H2,51,52,57)/t36?,37?,38-,39-,43-/m0/s1. The van der Waals surface area contributed by atoms with E-state index in [0.717, 1.165) is 115 Å². The van der Waals surface area contributed by atoms with Crippen molar-refractivity contribution in [3.05, 3.63) is 108 Å². The van der Waals surface area contributed by atoms with Gasteiger partial charge in [0.2, 0.25) is 5.91 Å². The van der Waals surface area contributed by atoms with E-state index in [-0.39, 0.29) is 36.2 Å². The van der Waals surface area contributed by atoms with Crippen LogP contribution in [0.2, 0.25) is 0 Å². The van der Waals surface area contributed by atoms with Crippen molar-refractivity contribution in [2.75, 3.05) is 12.3 Å². The van der Waals surface area contributed by atoms with Crippen LogP contribution < -0.4 is 21.4 Å². The second kappa shape index (κ2) is 18.5. The number of fused-ring (bicyclic) bond motifs is 2. The Morgan fingerprint density at radius 2 is 1.66 bits per heavy atom. The fourth-order valence-electron chi connectivity index (χ4n) is 8.79. The van der Waals surface area contributed by atoms with E-state index in [1.165, 1.54) is 0 Å². The predicted molar refractivity (Wildman–Crippen MR) is 231 cm³/mol. The first kappa shape index (κ1) is 39.5. The van der Waals surface area contributed by atoms with Crippen molar-refractivity contribution in [2.24, 2.45) is 0 Å². The largest absolute Gasteiger partial charge is 0.393 e. The molecule has 11 heteroatoms. The van der Waals surface area contributed by atoms with E-state index in [4.69, 9.17) is 4.98 Å². The summed E-state index contributed by atoms with van der Waals surface area (Å²) >= 11 is 1.92. The molecule has 0 unspecified atom stereocenters. The SMILES string of the molecule is N=c1c2c(-c3ccccc3)c(-c3ccccc3)n(Cc3ccc(C#CCCCCNC(=O)CCCC[C@@H]4SC[C@@H]5NC(=O)N[C@@H]54)cc3)c2ncn1C1CCC(O)CC1. The maximum absolute atomic E-state index is 12.4. The van der Waals surface area contributed by atoms with E-state index < -0.39 is 0 Å². The smallest absolute Gasteiger partial charge is 0.315 e. The summed E-state index contributed by atoms with van der Waals surface area (Å²) in [4.78, 5) is 29.0. The monoisotopic (exact) mass is 795 g/mol. The number of aliphatic hydroxyl groups is 1. The maximum atomic E-state index is 12.4. The van der Waals surface area contributed by atoms with E-state index in [1.54, 1.807) is 0 Å². The van der Waals surface area contributed by atoms with Gasteiger partial charge in [0.15, 0.2) is 0 Å². The van der Waals surface area contributed by atoms with Gasteiger partial charge in [-0.25, -0.2) is 9.78 Å². The van der Waals surface area contributed by atoms with E-state index in [1.807, 2.05) is 46.9 Å². The number of hydrogen-bond donors (Lipinski definition) is 5. The molecule has 300 valence electrons. The third-order valence-electron chi connectivity index (χ3n) is 11.9. The van der Waals surface area contributed by atoms with Crippen molar-refractivity contribution in [3.8, 4) is 34.2 Å². The first-order valence-corrected chi connectivity index (χ1v) is 22.0. The highest BCUT2D eigenvalue weighted by Gasteiger charge is 2.42. The number of carbonyl (C=O) groups is 2. The maximum Gasteiger partial charge on any atom is 0.315 e. The number of aromatic nitrogens is 3. The minimum absolute atomic E-state index is 0.0518. The lowest BCUT2D eigenvalue weighted by molar-refractivity contribution is -0.121. The highest BCUT2D eigenvalue weighted by molar-refractivity contribution is 8.00. The fraction of sp³-hybridized carbons (Fsp3) is 0.404. The molecule has 2 saturated heterocycles. The quantitative estimate of drug-likeness (QED) is 0.0450. The zero-order valence-corrected chi connectivity index (χ0v) is 33.8. The summed E-state index contributed by atoms with van der Waals surface area (Å²) in [5.41, 5.74) is 7.49. The Kier molecular flexibility index (Phi) is 12.6. The molecule has 3 atom stereocenters. The number of thioether (sulfide) groups is 1. The number of nitrogens with zero attached hydrogens (tertiary/aromatic N) is 3. The molecule has 4 heterocycles. The van der Waals surface area contributed by atoms with Crippen LogP contribution in [0.3, 0.4) is 0 Å². The summed E-state index contributed by atoms with van der Waals surface area (Å²) in [5, 5.41) is 30.2. The number of aliphatic hydroxyl groups excluding tert-OH is 1. The summed E-state index contributed by atoms with van der Waals surface area (Å²) in [7, 11) is 0. The molecule has 5 aromatic rings. The average Bonchev–Trinajstić information content (AvgIpc) is 3.91. The van der Waals surface area contributed by atoms with Gasteiger partial charge in [0, 0.05) is 54.1 Å². The van der Waals surface area contributed by atoms with Gasteiger partial charge in [-0.2, -0.15) is 11.8 Å². The van der Waals surface area contributed by atoms with Crippen LogP contribution in [0.4, 0.5) is 4.79 Å². The van der Waals surface area contributed by atoms with Crippen LogP contribution in [0.15, 0.2) is 91.3 Å². The summed E-state index contributed by atoms with van der Waals surface area (Å²) in [6.45, 7) is 1.25. The number of unbranched alkanes of at least 4 members (excludes halogenated alkanes) is 3. The Balaban J connectivity index is 0.892. The van der Waals surface area contributed by atoms with E-state index >= 15 is 0 Å². The van der Waals surface area contributed by atoms with Gasteiger partial charge in [-0.1, -0.05) is 91.1 Å². The second-order valence-corrected chi connectivity index (χ2v) is 17.1. The van der Waals surface area contributed by atoms with Crippen molar-refractivity contribution < 1.29 is 14.7 Å². The molecule has 0 spiro atoms. The molecule has 0 bridgehead atoms. The highest BCUT2D eigenvalue weighted by Crippen LogP contribution is 2.40. The minimum atomic E-state index is -0.267. The zero-order valence-electron chi connectivity index (χ0n) is 33.0. The summed E-state index contributed by atoms with van der Waals surface area (Å²) in [6, 6.07) is 29.7. The Morgan fingerprint density at radius 1 is 0.914 bits per heavy atom. The lowest BCUT2D eigenvalue weighted by atomic mass is 9.93. The number of rotatable bonds is 14. The van der Waals surface area contributed by atoms with Gasteiger partial charge in [-0.05, 0) is 80.2 Å². The van der Waals surface area contributed by atoms with Crippen LogP contribution >= 0.6 is 11.8 Å². The van der Waals surface area contributed by atoms with Crippen LogP contribution in [0.5, 0.6) is 0 Å². The minimum Gasteiger partial charge on any atom is -0.393 e. The first-order chi connectivity index (χ1) is 28.4. The van der Waals surface area contributed by atoms with Crippen molar-refractivity contribution in [3.63, 3.8) is 0 Å². The fourth-order valence-corrected chi connectivity index (χ4v) is 10.3. The van der Waals surface area contributed by atoms with Crippen LogP contribution in [0, 0.1) is 17.3 Å². The van der Waals surface area contributed by atoms with Crippen molar-refractivity contribution in [1.29, 1.82) is 5.41 Å². The van der Waals surface area contributed by atoms with Gasteiger partial charge in [-0.15, -0.1) is 0 Å². The number of urea groups is 1. The van der Waals surface area contributed by atoms with Crippen LogP contribution in [-0.2, 0) is 11.3 Å². The van der Waals surface area contributed by atoms with Crippen molar-refractivity contribution in [1.82, 2.24) is 30.1 Å². The highest BCUT2D eigenvalue weighted by atomic mass is 32.2. The Labute approximate surface area is 344 Å². The van der Waals surface area contributed by atoms with Crippen LogP contribution in [-0.4, -0.2) is 66.9 Å². The molecule has 0 radical (unpaired) electrons. The Hall–Kier alpha value is -5.31. The zero-order chi connectivity index (χ0) is 39.8. The number of amides is 3. The number of benzene rings is 3. The molecule has 8 rings (SSSR count). The van der Waals surface area contributed by atoms with Crippen LogP contribution in [0.25, 0.3) is 33.4 Å². The van der Waals surface area contributed by atoms with Crippen LogP contribution in [0.1, 0.15) is 87.8 Å². The van der Waals surface area contributed by atoms with Gasteiger partial charge >= 0.3 is 6.03 Å². The number of hydrogen-bond acceptors (Lipinski definition) is 6. The molecule has 2 aromatic heterocycles. The van der Waals surface area contributed by atoms with Crippen molar-refractivity contribution in [2.45, 2.75) is 107 Å². The number of nitrogens with one attached hydrogen (secondary N) is 4. The molecular formula is C47H53N7O3S. The van der Waals surface area contributed by atoms with E-state index in [0.29, 0.717) is 30.2 Å². The lowest BCUT2D eigenvalue weighted by Crippen LogP contribution is -2.36. The predicted octanol–water partition coefficient (Wildman–Crippen LogP) is 7.54. The molecule has 3 aromatic carbocycles. The van der Waals surface area contributed by atoms with Gasteiger partial charge < -0.3 is 30.2 Å². The molecule has 5 N–H and O–H groups in total. The summed E-state index contributed by atoms with van der Waals surface area (Å²) in [5.74, 6) is 7.71. The van der Waals surface area contributed by atoms with Gasteiger partial charge in [0.1, 0.15) is 11.1 Å². The third-order valence-corrected chi connectivity index (χ3v) is 13.4. The molecule has 10 nitrogen and oxygen atoms in total. The third kappa shape index (κ3) is 9.04. The van der Waals surface area contributed by atoms with E-state index in [2.05, 4.69) is 93.0 Å².